The zero-order chi connectivity index (χ0) is 14.4. The summed E-state index contributed by atoms with van der Waals surface area (Å²) in [5, 5.41) is 2.78. The SMILES string of the molecule is NC(=O)[C@H](Cc1ccccc1)NC(=O)CC1CCCC1. The van der Waals surface area contributed by atoms with Crippen LogP contribution in [0, 0.1) is 5.92 Å². The second-order valence-corrected chi connectivity index (χ2v) is 5.57. The van der Waals surface area contributed by atoms with Crippen LogP contribution in [0.25, 0.3) is 0 Å². The fourth-order valence-corrected chi connectivity index (χ4v) is 2.80. The number of amides is 2. The van der Waals surface area contributed by atoms with E-state index in [1.165, 1.54) is 12.8 Å². The largest absolute Gasteiger partial charge is 0.368 e. The molecular formula is C16H22N2O2. The molecule has 1 atom stereocenters. The first-order valence-corrected chi connectivity index (χ1v) is 7.28. The Bertz CT molecular complexity index is 453. The van der Waals surface area contributed by atoms with Crippen molar-refractivity contribution in [3.63, 3.8) is 0 Å². The van der Waals surface area contributed by atoms with Crippen LogP contribution in [0.1, 0.15) is 37.7 Å². The fraction of sp³-hybridized carbons (Fsp3) is 0.500. The van der Waals surface area contributed by atoms with Crippen LogP contribution in [0.5, 0.6) is 0 Å². The van der Waals surface area contributed by atoms with Crippen LogP contribution in [-0.4, -0.2) is 17.9 Å². The van der Waals surface area contributed by atoms with Crippen LogP contribution in [-0.2, 0) is 16.0 Å². The van der Waals surface area contributed by atoms with Crippen molar-refractivity contribution in [1.82, 2.24) is 5.32 Å². The molecule has 4 heteroatoms. The van der Waals surface area contributed by atoms with Crippen molar-refractivity contribution in [3.8, 4) is 0 Å². The van der Waals surface area contributed by atoms with Crippen molar-refractivity contribution < 1.29 is 9.59 Å². The van der Waals surface area contributed by atoms with Crippen molar-refractivity contribution in [1.29, 1.82) is 0 Å². The molecule has 0 saturated heterocycles. The molecule has 0 aliphatic heterocycles. The highest BCUT2D eigenvalue weighted by atomic mass is 16.2. The lowest BCUT2D eigenvalue weighted by molar-refractivity contribution is -0.127. The van der Waals surface area contributed by atoms with E-state index in [2.05, 4.69) is 5.32 Å². The number of carbonyl (C=O) groups excluding carboxylic acids is 2. The number of hydrogen-bond donors (Lipinski definition) is 2. The maximum Gasteiger partial charge on any atom is 0.240 e. The number of primary amides is 1. The second kappa shape index (κ2) is 7.08. The van der Waals surface area contributed by atoms with Gasteiger partial charge in [0.15, 0.2) is 0 Å². The van der Waals surface area contributed by atoms with Gasteiger partial charge in [-0.1, -0.05) is 43.2 Å². The Balaban J connectivity index is 1.88. The van der Waals surface area contributed by atoms with E-state index in [4.69, 9.17) is 5.73 Å². The monoisotopic (exact) mass is 274 g/mol. The van der Waals surface area contributed by atoms with Gasteiger partial charge in [0.1, 0.15) is 6.04 Å². The predicted octanol–water partition coefficient (Wildman–Crippen LogP) is 1.78. The minimum atomic E-state index is -0.619. The summed E-state index contributed by atoms with van der Waals surface area (Å²) in [6.07, 6.45) is 5.62. The first-order valence-electron chi connectivity index (χ1n) is 7.28. The quantitative estimate of drug-likeness (QED) is 0.830. The molecule has 0 radical (unpaired) electrons. The molecule has 1 aromatic rings. The molecule has 2 amide bonds. The highest BCUT2D eigenvalue weighted by Gasteiger charge is 2.22. The molecule has 3 N–H and O–H groups in total. The smallest absolute Gasteiger partial charge is 0.240 e. The standard InChI is InChI=1S/C16H22N2O2/c17-16(20)14(10-12-6-2-1-3-7-12)18-15(19)11-13-8-4-5-9-13/h1-3,6-7,13-14H,4-5,8-11H2,(H2,17,20)(H,18,19)/t14-/m0/s1. The summed E-state index contributed by atoms with van der Waals surface area (Å²) in [5.41, 5.74) is 6.38. The number of carbonyl (C=O) groups is 2. The predicted molar refractivity (Wildman–Crippen MR) is 77.8 cm³/mol. The van der Waals surface area contributed by atoms with Crippen molar-refractivity contribution in [2.24, 2.45) is 11.7 Å². The molecule has 0 bridgehead atoms. The van der Waals surface area contributed by atoms with Gasteiger partial charge in [0.2, 0.25) is 11.8 Å². The zero-order valence-corrected chi connectivity index (χ0v) is 11.7. The first kappa shape index (κ1) is 14.6. The molecule has 1 aromatic carbocycles. The molecule has 1 aliphatic carbocycles. The van der Waals surface area contributed by atoms with Gasteiger partial charge in [-0.3, -0.25) is 9.59 Å². The highest BCUT2D eigenvalue weighted by Crippen LogP contribution is 2.27. The van der Waals surface area contributed by atoms with Gasteiger partial charge in [-0.25, -0.2) is 0 Å². The number of benzene rings is 1. The average molecular weight is 274 g/mol. The lowest BCUT2D eigenvalue weighted by Gasteiger charge is -2.17. The summed E-state index contributed by atoms with van der Waals surface area (Å²) in [6, 6.07) is 8.98. The van der Waals surface area contributed by atoms with Crippen molar-refractivity contribution in [2.75, 3.05) is 0 Å². The molecule has 20 heavy (non-hydrogen) atoms. The van der Waals surface area contributed by atoms with E-state index >= 15 is 0 Å². The summed E-state index contributed by atoms with van der Waals surface area (Å²) in [7, 11) is 0. The van der Waals surface area contributed by atoms with Gasteiger partial charge in [0.05, 0.1) is 0 Å². The van der Waals surface area contributed by atoms with Crippen LogP contribution in [0.3, 0.4) is 0 Å². The Labute approximate surface area is 119 Å². The molecule has 1 fully saturated rings. The lowest BCUT2D eigenvalue weighted by atomic mass is 10.0. The summed E-state index contributed by atoms with van der Waals surface area (Å²) < 4.78 is 0. The van der Waals surface area contributed by atoms with Gasteiger partial charge in [0.25, 0.3) is 0 Å². The van der Waals surface area contributed by atoms with E-state index < -0.39 is 11.9 Å². The molecule has 4 nitrogen and oxygen atoms in total. The Morgan fingerprint density at radius 1 is 1.20 bits per heavy atom. The molecular weight excluding hydrogens is 252 g/mol. The summed E-state index contributed by atoms with van der Waals surface area (Å²) in [5.74, 6) is -0.0643. The van der Waals surface area contributed by atoms with Gasteiger partial charge < -0.3 is 11.1 Å². The number of rotatable bonds is 6. The molecule has 0 unspecified atom stereocenters. The van der Waals surface area contributed by atoms with Crippen LogP contribution in [0.2, 0.25) is 0 Å². The molecule has 1 aliphatic rings. The van der Waals surface area contributed by atoms with E-state index in [0.29, 0.717) is 18.8 Å². The summed E-state index contributed by atoms with van der Waals surface area (Å²) >= 11 is 0. The van der Waals surface area contributed by atoms with E-state index in [-0.39, 0.29) is 5.91 Å². The Kier molecular flexibility index (Phi) is 5.16. The van der Waals surface area contributed by atoms with Gasteiger partial charge in [-0.2, -0.15) is 0 Å². The Hall–Kier alpha value is -1.84. The zero-order valence-electron chi connectivity index (χ0n) is 11.7. The van der Waals surface area contributed by atoms with E-state index in [1.54, 1.807) is 0 Å². The maximum absolute atomic E-state index is 12.0. The average Bonchev–Trinajstić information content (AvgIpc) is 2.92. The fourth-order valence-electron chi connectivity index (χ4n) is 2.80. The van der Waals surface area contributed by atoms with Gasteiger partial charge in [0, 0.05) is 12.8 Å². The van der Waals surface area contributed by atoms with Gasteiger partial charge >= 0.3 is 0 Å². The van der Waals surface area contributed by atoms with E-state index in [0.717, 1.165) is 18.4 Å². The summed E-state index contributed by atoms with van der Waals surface area (Å²) in [6.45, 7) is 0. The number of nitrogens with one attached hydrogen (secondary N) is 1. The minimum Gasteiger partial charge on any atom is -0.368 e. The highest BCUT2D eigenvalue weighted by molar-refractivity contribution is 5.86. The van der Waals surface area contributed by atoms with E-state index in [9.17, 15) is 9.59 Å². The second-order valence-electron chi connectivity index (χ2n) is 5.57. The molecule has 0 aromatic heterocycles. The lowest BCUT2D eigenvalue weighted by Crippen LogP contribution is -2.46. The number of nitrogens with two attached hydrogens (primary N) is 1. The molecule has 2 rings (SSSR count). The molecule has 1 saturated carbocycles. The summed E-state index contributed by atoms with van der Waals surface area (Å²) in [4.78, 5) is 23.5. The van der Waals surface area contributed by atoms with Gasteiger partial charge in [-0.05, 0) is 24.3 Å². The minimum absolute atomic E-state index is 0.0587. The Morgan fingerprint density at radius 3 is 2.45 bits per heavy atom. The maximum atomic E-state index is 12.0. The van der Waals surface area contributed by atoms with Crippen molar-refractivity contribution >= 4 is 11.8 Å². The van der Waals surface area contributed by atoms with Crippen LogP contribution in [0.15, 0.2) is 30.3 Å². The topological polar surface area (TPSA) is 72.2 Å². The third kappa shape index (κ3) is 4.37. The van der Waals surface area contributed by atoms with Crippen LogP contribution < -0.4 is 11.1 Å². The molecule has 0 heterocycles. The van der Waals surface area contributed by atoms with Crippen LogP contribution in [0.4, 0.5) is 0 Å². The van der Waals surface area contributed by atoms with Crippen molar-refractivity contribution in [3.05, 3.63) is 35.9 Å². The van der Waals surface area contributed by atoms with Crippen LogP contribution >= 0.6 is 0 Å². The Morgan fingerprint density at radius 2 is 1.85 bits per heavy atom. The van der Waals surface area contributed by atoms with E-state index in [1.807, 2.05) is 30.3 Å². The first-order chi connectivity index (χ1) is 9.65. The molecule has 108 valence electrons. The number of hydrogen-bond acceptors (Lipinski definition) is 2. The molecule has 0 spiro atoms. The third-order valence-electron chi connectivity index (χ3n) is 3.91. The van der Waals surface area contributed by atoms with Gasteiger partial charge in [-0.15, -0.1) is 0 Å². The third-order valence-corrected chi connectivity index (χ3v) is 3.91. The normalized spacial score (nSPS) is 16.8. The van der Waals surface area contributed by atoms with Crippen molar-refractivity contribution in [2.45, 2.75) is 44.6 Å².